The summed E-state index contributed by atoms with van der Waals surface area (Å²) in [4.78, 5) is 23.6. The van der Waals surface area contributed by atoms with E-state index in [9.17, 15) is 13.6 Å². The molecule has 11 heteroatoms. The average Bonchev–Trinajstić information content (AvgIpc) is 3.28. The number of amides is 1. The Kier molecular flexibility index (Phi) is 5.32. The van der Waals surface area contributed by atoms with Crippen LogP contribution in [0.2, 0.25) is 0 Å². The fraction of sp³-hybridized carbons (Fsp3) is 0.476. The van der Waals surface area contributed by atoms with E-state index in [-0.39, 0.29) is 11.6 Å². The van der Waals surface area contributed by atoms with Crippen molar-refractivity contribution in [3.05, 3.63) is 41.6 Å². The number of nitrogens with zero attached hydrogens (tertiary/aromatic N) is 6. The van der Waals surface area contributed by atoms with Crippen LogP contribution in [0.5, 0.6) is 0 Å². The van der Waals surface area contributed by atoms with Crippen LogP contribution in [0.15, 0.2) is 29.0 Å². The van der Waals surface area contributed by atoms with Crippen LogP contribution in [0.1, 0.15) is 60.0 Å². The number of likely N-dealkylation sites (tertiary alicyclic amines) is 1. The van der Waals surface area contributed by atoms with Gasteiger partial charge in [0.05, 0.1) is 17.0 Å². The van der Waals surface area contributed by atoms with Crippen molar-refractivity contribution < 1.29 is 18.1 Å². The Morgan fingerprint density at radius 3 is 2.69 bits per heavy atom. The normalized spacial score (nSPS) is 17.2. The largest absolute Gasteiger partial charge is 0.356 e. The second kappa shape index (κ2) is 8.29. The molecule has 32 heavy (non-hydrogen) atoms. The van der Waals surface area contributed by atoms with Gasteiger partial charge in [-0.15, -0.1) is 0 Å². The van der Waals surface area contributed by atoms with Gasteiger partial charge in [0, 0.05) is 43.5 Å². The van der Waals surface area contributed by atoms with Crippen LogP contribution in [-0.2, 0) is 0 Å². The minimum absolute atomic E-state index is 0.0715. The first-order valence-corrected chi connectivity index (χ1v) is 10.7. The van der Waals surface area contributed by atoms with Gasteiger partial charge >= 0.3 is 6.55 Å². The maximum atomic E-state index is 13.1. The molecule has 5 rings (SSSR count). The zero-order chi connectivity index (χ0) is 22.2. The predicted molar refractivity (Wildman–Crippen MR) is 110 cm³/mol. The van der Waals surface area contributed by atoms with Gasteiger partial charge in [-0.3, -0.25) is 4.79 Å². The Morgan fingerprint density at radius 1 is 1.25 bits per heavy atom. The summed E-state index contributed by atoms with van der Waals surface area (Å²) in [5, 5.41) is 10.9. The molecule has 3 aromatic rings. The second-order valence-electron chi connectivity index (χ2n) is 8.25. The fourth-order valence-corrected chi connectivity index (χ4v) is 4.02. The maximum absolute atomic E-state index is 13.1. The summed E-state index contributed by atoms with van der Waals surface area (Å²) >= 11 is 0. The van der Waals surface area contributed by atoms with E-state index in [2.05, 4.69) is 20.6 Å². The molecule has 0 unspecified atom stereocenters. The molecule has 1 saturated heterocycles. The molecule has 0 spiro atoms. The summed E-state index contributed by atoms with van der Waals surface area (Å²) in [6.07, 6.45) is 6.48. The smallest absolute Gasteiger partial charge is 0.333 e. The second-order valence-corrected chi connectivity index (χ2v) is 8.25. The van der Waals surface area contributed by atoms with E-state index in [0.29, 0.717) is 48.4 Å². The van der Waals surface area contributed by atoms with Crippen molar-refractivity contribution in [2.24, 2.45) is 0 Å². The number of alkyl halides is 2. The molecular formula is C21H23F2N7O2. The Bertz CT molecular complexity index is 1120. The van der Waals surface area contributed by atoms with Crippen LogP contribution in [0.4, 0.5) is 14.7 Å². The highest BCUT2D eigenvalue weighted by molar-refractivity contribution is 5.92. The zero-order valence-electron chi connectivity index (χ0n) is 17.5. The Labute approximate surface area is 182 Å². The Balaban J connectivity index is 1.36. The number of anilines is 1. The highest BCUT2D eigenvalue weighted by atomic mass is 19.3. The number of hydrogen-bond acceptors (Lipinski definition) is 7. The average molecular weight is 443 g/mol. The van der Waals surface area contributed by atoms with E-state index in [1.54, 1.807) is 11.1 Å². The van der Waals surface area contributed by atoms with Crippen LogP contribution in [0, 0.1) is 6.92 Å². The van der Waals surface area contributed by atoms with Crippen molar-refractivity contribution in [2.45, 2.75) is 51.1 Å². The van der Waals surface area contributed by atoms with Crippen molar-refractivity contribution in [1.82, 2.24) is 29.8 Å². The number of carbonyl (C=O) groups is 1. The molecular weight excluding hydrogens is 420 g/mol. The lowest BCUT2D eigenvalue weighted by atomic mass is 9.90. The summed E-state index contributed by atoms with van der Waals surface area (Å²) < 4.78 is 32.1. The number of hydrogen-bond donors (Lipinski definition) is 1. The molecule has 168 valence electrons. The van der Waals surface area contributed by atoms with E-state index in [1.807, 2.05) is 13.0 Å². The van der Waals surface area contributed by atoms with E-state index in [4.69, 9.17) is 9.51 Å². The molecule has 0 atom stereocenters. The number of rotatable bonds is 6. The molecule has 3 aromatic heterocycles. The quantitative estimate of drug-likeness (QED) is 0.621. The van der Waals surface area contributed by atoms with E-state index < -0.39 is 12.5 Å². The van der Waals surface area contributed by atoms with Gasteiger partial charge in [0.1, 0.15) is 5.69 Å². The molecule has 1 aliphatic carbocycles. The molecule has 1 amide bonds. The van der Waals surface area contributed by atoms with Crippen LogP contribution in [0.25, 0.3) is 11.3 Å². The van der Waals surface area contributed by atoms with Gasteiger partial charge in [0.2, 0.25) is 5.95 Å². The molecule has 1 aliphatic heterocycles. The molecule has 0 aromatic carbocycles. The van der Waals surface area contributed by atoms with Crippen molar-refractivity contribution in [3.8, 4) is 11.3 Å². The number of halogens is 2. The predicted octanol–water partition coefficient (Wildman–Crippen LogP) is 3.63. The van der Waals surface area contributed by atoms with Crippen molar-refractivity contribution >= 4 is 11.9 Å². The molecule has 0 bridgehead atoms. The summed E-state index contributed by atoms with van der Waals surface area (Å²) in [7, 11) is 0. The third-order valence-electron chi connectivity index (χ3n) is 5.87. The highest BCUT2D eigenvalue weighted by Gasteiger charge is 2.31. The summed E-state index contributed by atoms with van der Waals surface area (Å²) in [6, 6.07) is 3.59. The van der Waals surface area contributed by atoms with Gasteiger partial charge in [-0.05, 0) is 38.7 Å². The van der Waals surface area contributed by atoms with Gasteiger partial charge < -0.3 is 14.7 Å². The molecule has 9 nitrogen and oxygen atoms in total. The summed E-state index contributed by atoms with van der Waals surface area (Å²) in [5.74, 6) is 0.824. The highest BCUT2D eigenvalue weighted by Crippen LogP contribution is 2.35. The monoisotopic (exact) mass is 443 g/mol. The first-order valence-electron chi connectivity index (χ1n) is 10.7. The van der Waals surface area contributed by atoms with Crippen LogP contribution in [0.3, 0.4) is 0 Å². The lowest BCUT2D eigenvalue weighted by Crippen LogP contribution is -2.39. The lowest BCUT2D eigenvalue weighted by Gasteiger charge is -2.32. The first kappa shape index (κ1) is 20.5. The summed E-state index contributed by atoms with van der Waals surface area (Å²) in [5.41, 5.74) is 2.30. The number of aryl methyl sites for hydroxylation is 1. The third kappa shape index (κ3) is 4.06. The third-order valence-corrected chi connectivity index (χ3v) is 5.87. The topological polar surface area (TPSA) is 102 Å². The lowest BCUT2D eigenvalue weighted by molar-refractivity contribution is 0.0451. The van der Waals surface area contributed by atoms with E-state index in [0.717, 1.165) is 29.8 Å². The van der Waals surface area contributed by atoms with Crippen LogP contribution < -0.4 is 5.32 Å². The number of aromatic nitrogens is 5. The van der Waals surface area contributed by atoms with Crippen molar-refractivity contribution in [2.75, 3.05) is 18.4 Å². The SMILES string of the molecule is Cc1cc(-c2cnc(NC3CC3)nc2C2CCN(C(=O)c3ccnn3C(F)F)CC2)on1. The maximum Gasteiger partial charge on any atom is 0.333 e. The summed E-state index contributed by atoms with van der Waals surface area (Å²) in [6.45, 7) is -0.136. The fourth-order valence-electron chi connectivity index (χ4n) is 4.02. The van der Waals surface area contributed by atoms with Crippen molar-refractivity contribution in [1.29, 1.82) is 0 Å². The number of nitrogens with one attached hydrogen (secondary N) is 1. The van der Waals surface area contributed by atoms with Gasteiger partial charge in [0.15, 0.2) is 5.76 Å². The zero-order valence-corrected chi connectivity index (χ0v) is 17.5. The molecule has 2 fully saturated rings. The van der Waals surface area contributed by atoms with Crippen molar-refractivity contribution in [3.63, 3.8) is 0 Å². The van der Waals surface area contributed by atoms with Gasteiger partial charge in [0.25, 0.3) is 5.91 Å². The molecule has 1 saturated carbocycles. The van der Waals surface area contributed by atoms with Crippen LogP contribution in [-0.4, -0.2) is 54.8 Å². The van der Waals surface area contributed by atoms with Gasteiger partial charge in [-0.25, -0.2) is 9.97 Å². The first-order chi connectivity index (χ1) is 15.5. The minimum atomic E-state index is -2.85. The van der Waals surface area contributed by atoms with Gasteiger partial charge in [-0.2, -0.15) is 18.6 Å². The van der Waals surface area contributed by atoms with Gasteiger partial charge in [-0.1, -0.05) is 5.16 Å². The molecule has 1 N–H and O–H groups in total. The van der Waals surface area contributed by atoms with Crippen LogP contribution >= 0.6 is 0 Å². The Hall–Kier alpha value is -3.37. The molecule has 0 radical (unpaired) electrons. The van der Waals surface area contributed by atoms with E-state index in [1.165, 1.54) is 12.3 Å². The molecule has 4 heterocycles. The van der Waals surface area contributed by atoms with E-state index >= 15 is 0 Å². The standard InChI is InChI=1S/C21H23F2N7O2/c1-12-10-17(32-28-12)15-11-24-21(26-14-2-3-14)27-18(15)13-5-8-29(9-6-13)19(31)16-4-7-25-30(16)20(22)23/h4,7,10-11,13-14,20H,2-3,5-6,8-9H2,1H3,(H,24,26,27). The molecule has 2 aliphatic rings. The Morgan fingerprint density at radius 2 is 2.03 bits per heavy atom. The number of piperidine rings is 1. The number of carbonyl (C=O) groups excluding carboxylic acids is 1. The minimum Gasteiger partial charge on any atom is -0.356 e.